The van der Waals surface area contributed by atoms with E-state index in [1.807, 2.05) is 19.9 Å². The van der Waals surface area contributed by atoms with Crippen molar-refractivity contribution in [2.75, 3.05) is 6.61 Å². The van der Waals surface area contributed by atoms with Crippen molar-refractivity contribution in [2.24, 2.45) is 0 Å². The largest absolute Gasteiger partial charge is 0.395 e. The van der Waals surface area contributed by atoms with Gasteiger partial charge in [-0.25, -0.2) is 9.97 Å². The number of aromatic nitrogens is 2. The van der Waals surface area contributed by atoms with Crippen molar-refractivity contribution in [1.29, 1.82) is 5.26 Å². The Balaban J connectivity index is 2.83. The van der Waals surface area contributed by atoms with Gasteiger partial charge in [-0.05, 0) is 19.9 Å². The van der Waals surface area contributed by atoms with Crippen molar-refractivity contribution in [3.63, 3.8) is 0 Å². The molecule has 1 aromatic heterocycles. The first-order chi connectivity index (χ1) is 6.57. The van der Waals surface area contributed by atoms with Gasteiger partial charge in [-0.3, -0.25) is 0 Å². The average molecular weight is 209 g/mol. The molecule has 0 unspecified atom stereocenters. The Labute approximate surface area is 87.0 Å². The van der Waals surface area contributed by atoms with Crippen LogP contribution in [0.5, 0.6) is 0 Å². The lowest BCUT2D eigenvalue weighted by atomic mass is 10.2. The summed E-state index contributed by atoms with van der Waals surface area (Å²) in [7, 11) is 0. The van der Waals surface area contributed by atoms with E-state index >= 15 is 0 Å². The Bertz CT molecular complexity index is 359. The average Bonchev–Trinajstić information content (AvgIpc) is 2.17. The third kappa shape index (κ3) is 2.98. The molecule has 0 fully saturated rings. The number of hydrogen-bond acceptors (Lipinski definition) is 5. The van der Waals surface area contributed by atoms with Crippen LogP contribution in [0.1, 0.15) is 19.5 Å². The molecule has 0 aliphatic carbocycles. The fourth-order valence-electron chi connectivity index (χ4n) is 0.732. The van der Waals surface area contributed by atoms with Crippen LogP contribution in [0, 0.1) is 11.3 Å². The third-order valence-corrected chi connectivity index (χ3v) is 2.56. The Morgan fingerprint density at radius 1 is 1.64 bits per heavy atom. The molecule has 0 aromatic carbocycles. The number of hydrogen-bond donors (Lipinski definition) is 1. The first kappa shape index (κ1) is 11.0. The second kappa shape index (κ2) is 4.40. The van der Waals surface area contributed by atoms with Gasteiger partial charge in [0.1, 0.15) is 11.8 Å². The molecule has 1 rings (SSSR count). The van der Waals surface area contributed by atoms with Gasteiger partial charge in [-0.2, -0.15) is 5.26 Å². The summed E-state index contributed by atoms with van der Waals surface area (Å²) in [5.74, 6) is 0. The minimum Gasteiger partial charge on any atom is -0.395 e. The number of aliphatic hydroxyl groups excluding tert-OH is 1. The Kier molecular flexibility index (Phi) is 3.44. The van der Waals surface area contributed by atoms with Crippen LogP contribution in [0.15, 0.2) is 17.4 Å². The topological polar surface area (TPSA) is 69.8 Å². The number of nitrogens with zero attached hydrogens (tertiary/aromatic N) is 3. The van der Waals surface area contributed by atoms with Crippen LogP contribution in [0.4, 0.5) is 0 Å². The van der Waals surface area contributed by atoms with E-state index in [4.69, 9.17) is 10.4 Å². The minimum absolute atomic E-state index is 0.0395. The van der Waals surface area contributed by atoms with Crippen LogP contribution in [-0.4, -0.2) is 26.4 Å². The molecular weight excluding hydrogens is 198 g/mol. The van der Waals surface area contributed by atoms with Crippen LogP contribution in [0.2, 0.25) is 0 Å². The van der Waals surface area contributed by atoms with Crippen molar-refractivity contribution in [2.45, 2.75) is 23.8 Å². The molecule has 0 bridgehead atoms. The standard InChI is InChI=1S/C9H11N3OS/c1-9(2,6-13)14-8-11-4-3-7(5-10)12-8/h3-4,13H,6H2,1-2H3. The zero-order valence-corrected chi connectivity index (χ0v) is 8.88. The first-order valence-electron chi connectivity index (χ1n) is 4.10. The molecule has 0 saturated carbocycles. The summed E-state index contributed by atoms with van der Waals surface area (Å²) < 4.78 is -0.325. The van der Waals surface area contributed by atoms with Gasteiger partial charge in [0.15, 0.2) is 5.16 Å². The predicted molar refractivity (Wildman–Crippen MR) is 53.8 cm³/mol. The van der Waals surface area contributed by atoms with Crippen molar-refractivity contribution < 1.29 is 5.11 Å². The maximum absolute atomic E-state index is 9.04. The van der Waals surface area contributed by atoms with Crippen LogP contribution >= 0.6 is 11.8 Å². The molecule has 0 aliphatic rings. The molecule has 1 N–H and O–H groups in total. The molecule has 5 heteroatoms. The van der Waals surface area contributed by atoms with E-state index in [1.54, 1.807) is 12.3 Å². The third-order valence-electron chi connectivity index (χ3n) is 1.50. The molecule has 0 aliphatic heterocycles. The van der Waals surface area contributed by atoms with Crippen LogP contribution in [0.3, 0.4) is 0 Å². The lowest BCUT2D eigenvalue weighted by Crippen LogP contribution is -2.20. The first-order valence-corrected chi connectivity index (χ1v) is 4.92. The van der Waals surface area contributed by atoms with E-state index in [1.165, 1.54) is 11.8 Å². The fourth-order valence-corrected chi connectivity index (χ4v) is 1.55. The molecule has 1 aromatic rings. The van der Waals surface area contributed by atoms with Gasteiger partial charge in [0.05, 0.1) is 6.61 Å². The summed E-state index contributed by atoms with van der Waals surface area (Å²) in [5.41, 5.74) is 0.344. The summed E-state index contributed by atoms with van der Waals surface area (Å²) in [6.45, 7) is 3.82. The van der Waals surface area contributed by atoms with Gasteiger partial charge in [0, 0.05) is 10.9 Å². The summed E-state index contributed by atoms with van der Waals surface area (Å²) in [4.78, 5) is 8.01. The minimum atomic E-state index is -0.325. The number of aliphatic hydroxyl groups is 1. The zero-order valence-electron chi connectivity index (χ0n) is 8.06. The monoisotopic (exact) mass is 209 g/mol. The molecule has 0 radical (unpaired) electrons. The van der Waals surface area contributed by atoms with Gasteiger partial charge in [0.2, 0.25) is 0 Å². The number of nitriles is 1. The summed E-state index contributed by atoms with van der Waals surface area (Å²) in [6, 6.07) is 3.50. The van der Waals surface area contributed by atoms with Gasteiger partial charge in [0.25, 0.3) is 0 Å². The normalized spacial score (nSPS) is 11.0. The molecule has 0 spiro atoms. The molecule has 1 heterocycles. The molecule has 0 amide bonds. The van der Waals surface area contributed by atoms with E-state index in [0.29, 0.717) is 10.9 Å². The van der Waals surface area contributed by atoms with Crippen LogP contribution in [-0.2, 0) is 0 Å². The highest BCUT2D eigenvalue weighted by molar-refractivity contribution is 8.00. The second-order valence-corrected chi connectivity index (χ2v) is 5.03. The van der Waals surface area contributed by atoms with E-state index < -0.39 is 0 Å². The summed E-state index contributed by atoms with van der Waals surface area (Å²) >= 11 is 1.35. The zero-order chi connectivity index (χ0) is 10.6. The van der Waals surface area contributed by atoms with Gasteiger partial charge < -0.3 is 5.11 Å². The Morgan fingerprint density at radius 3 is 2.93 bits per heavy atom. The Morgan fingerprint density at radius 2 is 2.36 bits per heavy atom. The molecule has 0 atom stereocenters. The fraction of sp³-hybridized carbons (Fsp3) is 0.444. The maximum atomic E-state index is 9.04. The van der Waals surface area contributed by atoms with Gasteiger partial charge in [-0.1, -0.05) is 11.8 Å². The molecule has 0 saturated heterocycles. The SMILES string of the molecule is CC(C)(CO)Sc1nccc(C#N)n1. The van der Waals surface area contributed by atoms with E-state index in [0.717, 1.165) is 0 Å². The number of thioether (sulfide) groups is 1. The van der Waals surface area contributed by atoms with Crippen molar-refractivity contribution in [1.82, 2.24) is 9.97 Å². The predicted octanol–water partition coefficient (Wildman–Crippen LogP) is 1.21. The molecular formula is C9H11N3OS. The smallest absolute Gasteiger partial charge is 0.189 e. The van der Waals surface area contributed by atoms with Gasteiger partial charge in [-0.15, -0.1) is 0 Å². The lowest BCUT2D eigenvalue weighted by molar-refractivity contribution is 0.265. The molecule has 74 valence electrons. The van der Waals surface area contributed by atoms with Crippen LogP contribution in [0.25, 0.3) is 0 Å². The maximum Gasteiger partial charge on any atom is 0.189 e. The van der Waals surface area contributed by atoms with Crippen molar-refractivity contribution in [3.05, 3.63) is 18.0 Å². The van der Waals surface area contributed by atoms with E-state index in [9.17, 15) is 0 Å². The van der Waals surface area contributed by atoms with Crippen LogP contribution < -0.4 is 0 Å². The highest BCUT2D eigenvalue weighted by atomic mass is 32.2. The summed E-state index contributed by atoms with van der Waals surface area (Å²) in [6.07, 6.45) is 1.54. The Hall–Kier alpha value is -1.12. The lowest BCUT2D eigenvalue weighted by Gasteiger charge is -2.18. The summed E-state index contributed by atoms with van der Waals surface area (Å²) in [5, 5.41) is 18.2. The van der Waals surface area contributed by atoms with Gasteiger partial charge >= 0.3 is 0 Å². The van der Waals surface area contributed by atoms with E-state index in [-0.39, 0.29) is 11.4 Å². The highest BCUT2D eigenvalue weighted by Crippen LogP contribution is 2.28. The van der Waals surface area contributed by atoms with Crippen molar-refractivity contribution >= 4 is 11.8 Å². The second-order valence-electron chi connectivity index (χ2n) is 3.36. The molecule has 14 heavy (non-hydrogen) atoms. The quantitative estimate of drug-likeness (QED) is 0.598. The highest BCUT2D eigenvalue weighted by Gasteiger charge is 2.19. The van der Waals surface area contributed by atoms with Crippen molar-refractivity contribution in [3.8, 4) is 6.07 Å². The van der Waals surface area contributed by atoms with E-state index in [2.05, 4.69) is 9.97 Å². The molecule has 4 nitrogen and oxygen atoms in total. The number of rotatable bonds is 3.